The molecule has 0 saturated carbocycles. The fourth-order valence-electron chi connectivity index (χ4n) is 4.15. The summed E-state index contributed by atoms with van der Waals surface area (Å²) in [5.74, 6) is -1.57. The zero-order valence-corrected chi connectivity index (χ0v) is 19.5. The average molecular weight is 495 g/mol. The van der Waals surface area contributed by atoms with Crippen molar-refractivity contribution >= 4 is 17.4 Å². The van der Waals surface area contributed by atoms with E-state index in [0.717, 1.165) is 18.6 Å². The van der Waals surface area contributed by atoms with Gasteiger partial charge in [0.1, 0.15) is 11.5 Å². The third kappa shape index (κ3) is 5.12. The van der Waals surface area contributed by atoms with Crippen molar-refractivity contribution < 1.29 is 32.6 Å². The van der Waals surface area contributed by atoms with Crippen LogP contribution in [0.4, 0.5) is 13.2 Å². The summed E-state index contributed by atoms with van der Waals surface area (Å²) < 4.78 is 45.2. The monoisotopic (exact) mass is 495 g/mol. The number of ketones is 1. The van der Waals surface area contributed by atoms with Crippen LogP contribution in [0.3, 0.4) is 0 Å². The van der Waals surface area contributed by atoms with Gasteiger partial charge in [0.05, 0.1) is 23.8 Å². The maximum Gasteiger partial charge on any atom is 0.416 e. The van der Waals surface area contributed by atoms with E-state index < -0.39 is 29.5 Å². The van der Waals surface area contributed by atoms with Gasteiger partial charge in [-0.25, -0.2) is 0 Å². The van der Waals surface area contributed by atoms with Gasteiger partial charge in [0.15, 0.2) is 0 Å². The summed E-state index contributed by atoms with van der Waals surface area (Å²) in [6.07, 6.45) is -3.72. The van der Waals surface area contributed by atoms with Crippen LogP contribution in [0.2, 0.25) is 0 Å². The van der Waals surface area contributed by atoms with Crippen LogP contribution in [0.5, 0.6) is 5.75 Å². The molecular formula is C28H24F3NO4. The van der Waals surface area contributed by atoms with E-state index in [2.05, 4.69) is 0 Å². The van der Waals surface area contributed by atoms with Crippen LogP contribution in [0.25, 0.3) is 5.76 Å². The van der Waals surface area contributed by atoms with Crippen LogP contribution in [0.15, 0.2) is 84.4 Å². The summed E-state index contributed by atoms with van der Waals surface area (Å²) in [5.41, 5.74) is 0.105. The minimum Gasteiger partial charge on any atom is -0.507 e. The molecule has 1 aliphatic heterocycles. The molecular weight excluding hydrogens is 471 g/mol. The first-order valence-electron chi connectivity index (χ1n) is 11.4. The Labute approximate surface area is 206 Å². The quantitative estimate of drug-likeness (QED) is 0.244. The number of Topliss-reactive ketones (excluding diaryl/α,β-unsaturated/α-hetero) is 1. The lowest BCUT2D eigenvalue weighted by Crippen LogP contribution is -2.29. The smallest absolute Gasteiger partial charge is 0.416 e. The largest absolute Gasteiger partial charge is 0.507 e. The molecule has 0 spiro atoms. The average Bonchev–Trinajstić information content (AvgIpc) is 3.12. The highest BCUT2D eigenvalue weighted by molar-refractivity contribution is 6.46. The third-order valence-corrected chi connectivity index (χ3v) is 5.86. The lowest BCUT2D eigenvalue weighted by atomic mass is 9.95. The highest BCUT2D eigenvalue weighted by Crippen LogP contribution is 2.40. The molecule has 3 aromatic carbocycles. The topological polar surface area (TPSA) is 66.8 Å². The molecule has 3 aromatic rings. The van der Waals surface area contributed by atoms with Crippen LogP contribution in [0.1, 0.15) is 41.6 Å². The van der Waals surface area contributed by atoms with Crippen LogP contribution in [-0.2, 0) is 22.3 Å². The predicted molar refractivity (Wildman–Crippen MR) is 128 cm³/mol. The van der Waals surface area contributed by atoms with Crippen molar-refractivity contribution in [3.63, 3.8) is 0 Å². The summed E-state index contributed by atoms with van der Waals surface area (Å²) in [6.45, 7) is 2.26. The van der Waals surface area contributed by atoms with Crippen molar-refractivity contribution in [3.05, 3.63) is 107 Å². The number of carbonyl (C=O) groups is 2. The van der Waals surface area contributed by atoms with E-state index in [1.807, 2.05) is 6.92 Å². The molecule has 186 valence electrons. The fourth-order valence-corrected chi connectivity index (χ4v) is 4.15. The molecule has 5 nitrogen and oxygen atoms in total. The standard InChI is InChI=1S/C28H24F3NO4/c1-2-15-36-22-13-11-20(12-14-22)25(33)23-24(19-8-4-3-5-9-19)32(27(35)26(23)34)17-18-7-6-10-21(16-18)28(29,30)31/h3-14,16,24,33H,2,15,17H2,1H3/b25-23+. The molecule has 0 radical (unpaired) electrons. The molecule has 1 heterocycles. The molecule has 8 heteroatoms. The summed E-state index contributed by atoms with van der Waals surface area (Å²) >= 11 is 0. The van der Waals surface area contributed by atoms with E-state index in [9.17, 15) is 27.9 Å². The zero-order chi connectivity index (χ0) is 25.9. The molecule has 1 unspecified atom stereocenters. The molecule has 0 aliphatic carbocycles. The first-order chi connectivity index (χ1) is 17.2. The Morgan fingerprint density at radius 1 is 0.972 bits per heavy atom. The SMILES string of the molecule is CCCOc1ccc(/C(O)=C2\C(=O)C(=O)N(Cc3cccc(C(F)(F)F)c3)C2c2ccccc2)cc1. The molecule has 1 saturated heterocycles. The van der Waals surface area contributed by atoms with E-state index >= 15 is 0 Å². The van der Waals surface area contributed by atoms with Crippen LogP contribution >= 0.6 is 0 Å². The van der Waals surface area contributed by atoms with Crippen molar-refractivity contribution in [2.24, 2.45) is 0 Å². The Morgan fingerprint density at radius 3 is 2.31 bits per heavy atom. The molecule has 1 N–H and O–H groups in total. The minimum absolute atomic E-state index is 0.125. The van der Waals surface area contributed by atoms with Gasteiger partial charge in [-0.05, 0) is 53.9 Å². The maximum absolute atomic E-state index is 13.2. The van der Waals surface area contributed by atoms with E-state index in [1.165, 1.54) is 17.0 Å². The number of carbonyl (C=O) groups excluding carboxylic acids is 2. The minimum atomic E-state index is -4.55. The van der Waals surface area contributed by atoms with Gasteiger partial charge in [0.2, 0.25) is 0 Å². The summed E-state index contributed by atoms with van der Waals surface area (Å²) in [5, 5.41) is 11.1. The lowest BCUT2D eigenvalue weighted by Gasteiger charge is -2.25. The number of hydrogen-bond donors (Lipinski definition) is 1. The van der Waals surface area contributed by atoms with Crippen molar-refractivity contribution in [3.8, 4) is 5.75 Å². The Hall–Kier alpha value is -4.07. The van der Waals surface area contributed by atoms with Gasteiger partial charge in [-0.1, -0.05) is 49.4 Å². The number of aliphatic hydroxyl groups excluding tert-OH is 1. The van der Waals surface area contributed by atoms with Crippen molar-refractivity contribution in [2.75, 3.05) is 6.61 Å². The highest BCUT2D eigenvalue weighted by atomic mass is 19.4. The van der Waals surface area contributed by atoms with Gasteiger partial charge in [0.25, 0.3) is 11.7 Å². The first-order valence-corrected chi connectivity index (χ1v) is 11.4. The van der Waals surface area contributed by atoms with E-state index in [1.54, 1.807) is 54.6 Å². The Bertz CT molecular complexity index is 1280. The van der Waals surface area contributed by atoms with Crippen molar-refractivity contribution in [1.29, 1.82) is 0 Å². The van der Waals surface area contributed by atoms with Gasteiger partial charge in [-0.3, -0.25) is 9.59 Å². The van der Waals surface area contributed by atoms with Gasteiger partial charge >= 0.3 is 6.18 Å². The summed E-state index contributed by atoms with van der Waals surface area (Å²) in [7, 11) is 0. The first kappa shape index (κ1) is 25.0. The summed E-state index contributed by atoms with van der Waals surface area (Å²) in [4.78, 5) is 27.4. The molecule has 1 amide bonds. The zero-order valence-electron chi connectivity index (χ0n) is 19.5. The number of amides is 1. The number of benzene rings is 3. The molecule has 1 aliphatic rings. The van der Waals surface area contributed by atoms with Crippen molar-refractivity contribution in [2.45, 2.75) is 32.1 Å². The number of alkyl halides is 3. The van der Waals surface area contributed by atoms with E-state index in [-0.39, 0.29) is 23.4 Å². The van der Waals surface area contributed by atoms with E-state index in [0.29, 0.717) is 23.5 Å². The third-order valence-electron chi connectivity index (χ3n) is 5.86. The predicted octanol–water partition coefficient (Wildman–Crippen LogP) is 6.12. The molecule has 0 bridgehead atoms. The molecule has 1 atom stereocenters. The van der Waals surface area contributed by atoms with Crippen LogP contribution < -0.4 is 4.74 Å². The normalized spacial score (nSPS) is 17.4. The van der Waals surface area contributed by atoms with Gasteiger partial charge in [-0.15, -0.1) is 0 Å². The van der Waals surface area contributed by atoms with E-state index in [4.69, 9.17) is 4.74 Å². The number of ether oxygens (including phenoxy) is 1. The second-order valence-corrected chi connectivity index (χ2v) is 8.41. The second-order valence-electron chi connectivity index (χ2n) is 8.41. The highest BCUT2D eigenvalue weighted by Gasteiger charge is 2.46. The number of likely N-dealkylation sites (tertiary alicyclic amines) is 1. The van der Waals surface area contributed by atoms with Crippen molar-refractivity contribution in [1.82, 2.24) is 4.90 Å². The van der Waals surface area contributed by atoms with Gasteiger partial charge in [-0.2, -0.15) is 13.2 Å². The number of rotatable bonds is 7. The summed E-state index contributed by atoms with van der Waals surface area (Å²) in [6, 6.07) is 18.7. The molecule has 36 heavy (non-hydrogen) atoms. The van der Waals surface area contributed by atoms with Crippen LogP contribution in [0, 0.1) is 0 Å². The molecule has 0 aromatic heterocycles. The van der Waals surface area contributed by atoms with Gasteiger partial charge in [0, 0.05) is 12.1 Å². The number of nitrogens with zero attached hydrogens (tertiary/aromatic N) is 1. The number of halogens is 3. The fraction of sp³-hybridized carbons (Fsp3) is 0.214. The molecule has 1 fully saturated rings. The molecule has 4 rings (SSSR count). The number of hydrogen-bond acceptors (Lipinski definition) is 4. The lowest BCUT2D eigenvalue weighted by molar-refractivity contribution is -0.140. The Morgan fingerprint density at radius 2 is 1.67 bits per heavy atom. The van der Waals surface area contributed by atoms with Gasteiger partial charge < -0.3 is 14.7 Å². The number of aliphatic hydroxyl groups is 1. The second kappa shape index (κ2) is 10.3. The maximum atomic E-state index is 13.2. The Kier molecular flexibility index (Phi) is 7.15. The Balaban J connectivity index is 1.76. The van der Waals surface area contributed by atoms with Crippen LogP contribution in [-0.4, -0.2) is 28.3 Å².